The van der Waals surface area contributed by atoms with Crippen LogP contribution >= 0.6 is 22.6 Å². The first-order chi connectivity index (χ1) is 10.4. The van der Waals surface area contributed by atoms with Crippen molar-refractivity contribution in [3.05, 3.63) is 56.7 Å². The monoisotopic (exact) mass is 408 g/mol. The molecular weight excluding hydrogens is 391 g/mol. The number of aryl methyl sites for hydroxylation is 3. The summed E-state index contributed by atoms with van der Waals surface area (Å²) >= 11 is 2.20. The smallest absolute Gasteiger partial charge is 0.314 e. The summed E-state index contributed by atoms with van der Waals surface area (Å²) in [6.07, 6.45) is 0. The molecular formula is C17H17IN2O2. The molecule has 0 spiro atoms. The molecule has 0 aliphatic heterocycles. The maximum absolute atomic E-state index is 12.0. The van der Waals surface area contributed by atoms with E-state index in [0.717, 1.165) is 20.3 Å². The minimum atomic E-state index is -0.676. The van der Waals surface area contributed by atoms with Gasteiger partial charge in [0.2, 0.25) is 0 Å². The van der Waals surface area contributed by atoms with Crippen LogP contribution in [-0.4, -0.2) is 11.8 Å². The van der Waals surface area contributed by atoms with Gasteiger partial charge in [-0.3, -0.25) is 9.59 Å². The topological polar surface area (TPSA) is 58.2 Å². The van der Waals surface area contributed by atoms with E-state index in [0.29, 0.717) is 11.4 Å². The van der Waals surface area contributed by atoms with Gasteiger partial charge in [-0.1, -0.05) is 12.1 Å². The van der Waals surface area contributed by atoms with Gasteiger partial charge in [0.1, 0.15) is 0 Å². The summed E-state index contributed by atoms with van der Waals surface area (Å²) in [5.74, 6) is -1.35. The molecule has 0 fully saturated rings. The number of halogens is 1. The first kappa shape index (κ1) is 16.5. The Balaban J connectivity index is 2.09. The molecule has 0 aromatic heterocycles. The van der Waals surface area contributed by atoms with E-state index in [1.54, 1.807) is 6.07 Å². The molecule has 0 radical (unpaired) electrons. The molecule has 114 valence electrons. The van der Waals surface area contributed by atoms with Crippen molar-refractivity contribution in [3.8, 4) is 0 Å². The second kappa shape index (κ2) is 6.91. The lowest BCUT2D eigenvalue weighted by Gasteiger charge is -2.11. The Morgan fingerprint density at radius 2 is 1.45 bits per heavy atom. The van der Waals surface area contributed by atoms with Crippen molar-refractivity contribution in [2.45, 2.75) is 20.8 Å². The number of nitrogens with one attached hydrogen (secondary N) is 2. The van der Waals surface area contributed by atoms with E-state index in [1.807, 2.05) is 51.1 Å². The van der Waals surface area contributed by atoms with Gasteiger partial charge in [0.05, 0.1) is 0 Å². The third-order valence-corrected chi connectivity index (χ3v) is 3.96. The Kier molecular flexibility index (Phi) is 5.18. The van der Waals surface area contributed by atoms with Gasteiger partial charge in [-0.15, -0.1) is 0 Å². The van der Waals surface area contributed by atoms with E-state index >= 15 is 0 Å². The summed E-state index contributed by atoms with van der Waals surface area (Å²) in [5.41, 5.74) is 4.15. The SMILES string of the molecule is Cc1ccc(C)c(NC(=O)C(=O)Nc2ccc(I)cc2C)c1. The number of carbonyl (C=O) groups is 2. The fraction of sp³-hybridized carbons (Fsp3) is 0.176. The van der Waals surface area contributed by atoms with E-state index in [-0.39, 0.29) is 0 Å². The predicted octanol–water partition coefficient (Wildman–Crippen LogP) is 3.79. The second-order valence-corrected chi connectivity index (χ2v) is 6.43. The first-order valence-electron chi connectivity index (χ1n) is 6.82. The van der Waals surface area contributed by atoms with Crippen LogP contribution in [0.2, 0.25) is 0 Å². The van der Waals surface area contributed by atoms with Gasteiger partial charge in [-0.25, -0.2) is 0 Å². The summed E-state index contributed by atoms with van der Waals surface area (Å²) in [6.45, 7) is 5.71. The van der Waals surface area contributed by atoms with Gasteiger partial charge >= 0.3 is 11.8 Å². The van der Waals surface area contributed by atoms with Gasteiger partial charge in [-0.05, 0) is 84.3 Å². The quantitative estimate of drug-likeness (QED) is 0.587. The van der Waals surface area contributed by atoms with Crippen LogP contribution < -0.4 is 10.6 Å². The van der Waals surface area contributed by atoms with Crippen molar-refractivity contribution < 1.29 is 9.59 Å². The lowest BCUT2D eigenvalue weighted by atomic mass is 10.1. The fourth-order valence-corrected chi connectivity index (χ4v) is 2.64. The van der Waals surface area contributed by atoms with Crippen LogP contribution in [0.3, 0.4) is 0 Å². The number of hydrogen-bond donors (Lipinski definition) is 2. The second-order valence-electron chi connectivity index (χ2n) is 5.19. The van der Waals surface area contributed by atoms with Crippen LogP contribution in [0.15, 0.2) is 36.4 Å². The minimum absolute atomic E-state index is 0.640. The zero-order chi connectivity index (χ0) is 16.3. The van der Waals surface area contributed by atoms with Gasteiger partial charge < -0.3 is 10.6 Å². The van der Waals surface area contributed by atoms with Crippen molar-refractivity contribution in [1.82, 2.24) is 0 Å². The number of benzene rings is 2. The molecule has 0 bridgehead atoms. The summed E-state index contributed by atoms with van der Waals surface area (Å²) < 4.78 is 1.08. The molecule has 2 aromatic carbocycles. The van der Waals surface area contributed by atoms with Crippen molar-refractivity contribution in [2.75, 3.05) is 10.6 Å². The van der Waals surface area contributed by atoms with E-state index in [9.17, 15) is 9.59 Å². The van der Waals surface area contributed by atoms with Crippen LogP contribution in [0, 0.1) is 24.3 Å². The third-order valence-electron chi connectivity index (χ3n) is 3.28. The Hall–Kier alpha value is -1.89. The van der Waals surface area contributed by atoms with E-state index < -0.39 is 11.8 Å². The number of amides is 2. The molecule has 2 aromatic rings. The van der Waals surface area contributed by atoms with Crippen molar-refractivity contribution in [1.29, 1.82) is 0 Å². The summed E-state index contributed by atoms with van der Waals surface area (Å²) in [5, 5.41) is 5.29. The summed E-state index contributed by atoms with van der Waals surface area (Å²) in [4.78, 5) is 24.1. The highest BCUT2D eigenvalue weighted by Gasteiger charge is 2.16. The zero-order valence-electron chi connectivity index (χ0n) is 12.7. The van der Waals surface area contributed by atoms with Gasteiger partial charge in [0, 0.05) is 14.9 Å². The molecule has 0 unspecified atom stereocenters. The van der Waals surface area contributed by atoms with Gasteiger partial charge in [0.25, 0.3) is 0 Å². The summed E-state index contributed by atoms with van der Waals surface area (Å²) in [7, 11) is 0. The fourth-order valence-electron chi connectivity index (χ4n) is 2.00. The van der Waals surface area contributed by atoms with E-state index in [2.05, 4.69) is 33.2 Å². The number of carbonyl (C=O) groups excluding carboxylic acids is 2. The molecule has 4 nitrogen and oxygen atoms in total. The number of hydrogen-bond acceptors (Lipinski definition) is 2. The molecule has 2 amide bonds. The van der Waals surface area contributed by atoms with Gasteiger partial charge in [0.15, 0.2) is 0 Å². The minimum Gasteiger partial charge on any atom is -0.318 e. The normalized spacial score (nSPS) is 10.2. The Morgan fingerprint density at radius 1 is 0.818 bits per heavy atom. The number of anilines is 2. The largest absolute Gasteiger partial charge is 0.318 e. The lowest BCUT2D eigenvalue weighted by Crippen LogP contribution is -2.29. The highest BCUT2D eigenvalue weighted by molar-refractivity contribution is 14.1. The van der Waals surface area contributed by atoms with Crippen LogP contribution in [0.25, 0.3) is 0 Å². The average molecular weight is 408 g/mol. The van der Waals surface area contributed by atoms with Crippen molar-refractivity contribution in [3.63, 3.8) is 0 Å². The first-order valence-corrected chi connectivity index (χ1v) is 7.90. The standard InChI is InChI=1S/C17H17IN2O2/c1-10-4-5-11(2)15(8-10)20-17(22)16(21)19-14-7-6-13(18)9-12(14)3/h4-9H,1-3H3,(H,19,21)(H,20,22). The molecule has 0 saturated carbocycles. The Bertz CT molecular complexity index is 741. The molecule has 0 atom stereocenters. The van der Waals surface area contributed by atoms with Crippen LogP contribution in [0.1, 0.15) is 16.7 Å². The molecule has 5 heteroatoms. The molecule has 0 saturated heterocycles. The molecule has 0 aliphatic rings. The van der Waals surface area contributed by atoms with Crippen LogP contribution in [-0.2, 0) is 9.59 Å². The van der Waals surface area contributed by atoms with Crippen LogP contribution in [0.4, 0.5) is 11.4 Å². The Labute approximate surface area is 143 Å². The highest BCUT2D eigenvalue weighted by Crippen LogP contribution is 2.19. The molecule has 0 heterocycles. The zero-order valence-corrected chi connectivity index (χ0v) is 14.8. The van der Waals surface area contributed by atoms with E-state index in [1.165, 1.54) is 0 Å². The number of rotatable bonds is 2. The average Bonchev–Trinajstić information content (AvgIpc) is 2.45. The van der Waals surface area contributed by atoms with Crippen molar-refractivity contribution >= 4 is 45.8 Å². The predicted molar refractivity (Wildman–Crippen MR) is 97.1 cm³/mol. The Morgan fingerprint density at radius 3 is 2.09 bits per heavy atom. The molecule has 0 aliphatic carbocycles. The highest BCUT2D eigenvalue weighted by atomic mass is 127. The summed E-state index contributed by atoms with van der Waals surface area (Å²) in [6, 6.07) is 11.3. The third kappa shape index (κ3) is 4.07. The van der Waals surface area contributed by atoms with Crippen molar-refractivity contribution in [2.24, 2.45) is 0 Å². The molecule has 2 N–H and O–H groups in total. The maximum atomic E-state index is 12.0. The molecule has 22 heavy (non-hydrogen) atoms. The lowest BCUT2D eigenvalue weighted by molar-refractivity contribution is -0.133. The maximum Gasteiger partial charge on any atom is 0.314 e. The van der Waals surface area contributed by atoms with Crippen LogP contribution in [0.5, 0.6) is 0 Å². The molecule has 2 rings (SSSR count). The van der Waals surface area contributed by atoms with Gasteiger partial charge in [-0.2, -0.15) is 0 Å². The van der Waals surface area contributed by atoms with E-state index in [4.69, 9.17) is 0 Å².